The third-order valence-electron chi connectivity index (χ3n) is 3.68. The highest BCUT2D eigenvalue weighted by Crippen LogP contribution is 2.35. The highest BCUT2D eigenvalue weighted by atomic mass is 19.4. The number of alkyl halides is 3. The third kappa shape index (κ3) is 4.22. The van der Waals surface area contributed by atoms with Gasteiger partial charge in [0.25, 0.3) is 0 Å². The van der Waals surface area contributed by atoms with E-state index < -0.39 is 23.4 Å². The lowest BCUT2D eigenvalue weighted by Gasteiger charge is -2.11. The van der Waals surface area contributed by atoms with Crippen molar-refractivity contribution in [2.24, 2.45) is 0 Å². The molecule has 2 rings (SSSR count). The Labute approximate surface area is 137 Å². The summed E-state index contributed by atoms with van der Waals surface area (Å²) in [6, 6.07) is 9.07. The van der Waals surface area contributed by atoms with E-state index in [-0.39, 0.29) is 5.56 Å². The molecule has 0 aliphatic carbocycles. The fourth-order valence-corrected chi connectivity index (χ4v) is 2.47. The molecule has 0 bridgehead atoms. The zero-order chi connectivity index (χ0) is 17.9. The van der Waals surface area contributed by atoms with Crippen LogP contribution in [0.25, 0.3) is 11.6 Å². The van der Waals surface area contributed by atoms with E-state index in [0.717, 1.165) is 18.4 Å². The van der Waals surface area contributed by atoms with Gasteiger partial charge in [-0.1, -0.05) is 43.7 Å². The summed E-state index contributed by atoms with van der Waals surface area (Å²) in [7, 11) is 0. The fourth-order valence-electron chi connectivity index (χ4n) is 2.47. The molecule has 0 heterocycles. The van der Waals surface area contributed by atoms with Gasteiger partial charge in [-0.3, -0.25) is 0 Å². The Balaban J connectivity index is 2.34. The van der Waals surface area contributed by atoms with E-state index in [4.69, 9.17) is 0 Å². The number of benzene rings is 2. The molecule has 0 radical (unpaired) electrons. The molecule has 0 N–H and O–H groups in total. The molecule has 128 valence electrons. The molecule has 0 nitrogen and oxygen atoms in total. The number of rotatable bonds is 4. The lowest BCUT2D eigenvalue weighted by Crippen LogP contribution is -2.11. The predicted octanol–water partition coefficient (Wildman–Crippen LogP) is 6.50. The van der Waals surface area contributed by atoms with Gasteiger partial charge in [-0.2, -0.15) is 13.2 Å². The first-order valence-corrected chi connectivity index (χ1v) is 7.56. The molecule has 0 amide bonds. The van der Waals surface area contributed by atoms with Crippen LogP contribution in [0.4, 0.5) is 22.0 Å². The van der Waals surface area contributed by atoms with Crippen LogP contribution >= 0.6 is 0 Å². The minimum absolute atomic E-state index is 0.0793. The van der Waals surface area contributed by atoms with Crippen LogP contribution < -0.4 is 0 Å². The SMILES string of the molecule is CCCc1ccc(/C=C(\C)c2cc(F)c(C(F)(F)F)c(F)c2)cc1. The molecule has 0 aliphatic rings. The van der Waals surface area contributed by atoms with Gasteiger partial charge in [0.1, 0.15) is 17.2 Å². The van der Waals surface area contributed by atoms with Crippen LogP contribution in [0.5, 0.6) is 0 Å². The minimum atomic E-state index is -5.06. The fraction of sp³-hybridized carbons (Fsp3) is 0.263. The second-order valence-electron chi connectivity index (χ2n) is 5.63. The second-order valence-corrected chi connectivity index (χ2v) is 5.63. The molecule has 0 saturated carbocycles. The molecule has 0 spiro atoms. The van der Waals surface area contributed by atoms with Crippen molar-refractivity contribution >= 4 is 11.6 Å². The topological polar surface area (TPSA) is 0 Å². The summed E-state index contributed by atoms with van der Waals surface area (Å²) in [5.41, 5.74) is 0.690. The molecule has 24 heavy (non-hydrogen) atoms. The van der Waals surface area contributed by atoms with Gasteiger partial charge in [-0.05, 0) is 47.7 Å². The zero-order valence-electron chi connectivity index (χ0n) is 13.3. The smallest absolute Gasteiger partial charge is 0.206 e. The number of aryl methyl sites for hydroxylation is 1. The zero-order valence-corrected chi connectivity index (χ0v) is 13.3. The van der Waals surface area contributed by atoms with Gasteiger partial charge >= 0.3 is 6.18 Å². The van der Waals surface area contributed by atoms with Crippen molar-refractivity contribution in [3.63, 3.8) is 0 Å². The van der Waals surface area contributed by atoms with Crippen LogP contribution in [0.1, 0.15) is 42.5 Å². The highest BCUT2D eigenvalue weighted by Gasteiger charge is 2.37. The molecule has 5 heteroatoms. The van der Waals surface area contributed by atoms with E-state index in [9.17, 15) is 22.0 Å². The maximum absolute atomic E-state index is 13.7. The molecule has 0 unspecified atom stereocenters. The first-order valence-electron chi connectivity index (χ1n) is 7.56. The molecule has 2 aromatic rings. The van der Waals surface area contributed by atoms with E-state index in [1.54, 1.807) is 13.0 Å². The molecule has 0 atom stereocenters. The van der Waals surface area contributed by atoms with Crippen LogP contribution in [0.3, 0.4) is 0 Å². The molecule has 0 saturated heterocycles. The average Bonchev–Trinajstić information content (AvgIpc) is 2.47. The van der Waals surface area contributed by atoms with Crippen molar-refractivity contribution in [3.8, 4) is 0 Å². The Morgan fingerprint density at radius 1 is 1.00 bits per heavy atom. The summed E-state index contributed by atoms with van der Waals surface area (Å²) in [4.78, 5) is 0. The monoisotopic (exact) mass is 340 g/mol. The lowest BCUT2D eigenvalue weighted by molar-refractivity contribution is -0.142. The van der Waals surface area contributed by atoms with E-state index in [2.05, 4.69) is 6.92 Å². The van der Waals surface area contributed by atoms with Crippen LogP contribution in [-0.2, 0) is 12.6 Å². The lowest BCUT2D eigenvalue weighted by atomic mass is 10.0. The van der Waals surface area contributed by atoms with E-state index in [0.29, 0.717) is 17.7 Å². The molecule has 2 aromatic carbocycles. The number of hydrogen-bond acceptors (Lipinski definition) is 0. The summed E-state index contributed by atoms with van der Waals surface area (Å²) < 4.78 is 65.1. The predicted molar refractivity (Wildman–Crippen MR) is 85.3 cm³/mol. The molecule has 0 aromatic heterocycles. The highest BCUT2D eigenvalue weighted by molar-refractivity contribution is 5.80. The van der Waals surface area contributed by atoms with Gasteiger partial charge in [0.2, 0.25) is 0 Å². The average molecular weight is 340 g/mol. The Bertz CT molecular complexity index is 716. The van der Waals surface area contributed by atoms with Crippen molar-refractivity contribution in [1.82, 2.24) is 0 Å². The van der Waals surface area contributed by atoms with Gasteiger partial charge in [0.15, 0.2) is 0 Å². The van der Waals surface area contributed by atoms with E-state index >= 15 is 0 Å². The normalized spacial score (nSPS) is 12.5. The van der Waals surface area contributed by atoms with Crippen LogP contribution in [-0.4, -0.2) is 0 Å². The Morgan fingerprint density at radius 3 is 2.00 bits per heavy atom. The maximum atomic E-state index is 13.7. The Morgan fingerprint density at radius 2 is 1.54 bits per heavy atom. The first-order chi connectivity index (χ1) is 11.2. The van der Waals surface area contributed by atoms with Gasteiger partial charge in [0.05, 0.1) is 0 Å². The molecular weight excluding hydrogens is 323 g/mol. The number of hydrogen-bond donors (Lipinski definition) is 0. The van der Waals surface area contributed by atoms with Gasteiger partial charge in [-0.15, -0.1) is 0 Å². The largest absolute Gasteiger partial charge is 0.422 e. The molecular formula is C19H17F5. The minimum Gasteiger partial charge on any atom is -0.206 e. The van der Waals surface area contributed by atoms with Crippen LogP contribution in [0.2, 0.25) is 0 Å². The van der Waals surface area contributed by atoms with Crippen molar-refractivity contribution in [3.05, 3.63) is 70.3 Å². The Hall–Kier alpha value is -2.17. The quantitative estimate of drug-likeness (QED) is 0.440. The third-order valence-corrected chi connectivity index (χ3v) is 3.68. The first kappa shape index (κ1) is 18.2. The van der Waals surface area contributed by atoms with E-state index in [1.807, 2.05) is 24.3 Å². The number of halogens is 5. The van der Waals surface area contributed by atoms with Crippen molar-refractivity contribution in [2.75, 3.05) is 0 Å². The summed E-state index contributed by atoms with van der Waals surface area (Å²) >= 11 is 0. The molecule has 0 aliphatic heterocycles. The second kappa shape index (κ2) is 7.16. The summed E-state index contributed by atoms with van der Waals surface area (Å²) in [6.07, 6.45) is -1.40. The summed E-state index contributed by atoms with van der Waals surface area (Å²) in [6.45, 7) is 3.67. The van der Waals surface area contributed by atoms with Gasteiger partial charge < -0.3 is 0 Å². The standard InChI is InChI=1S/C19H17F5/c1-3-4-13-5-7-14(8-6-13)9-12(2)15-10-16(20)18(17(21)11-15)19(22,23)24/h5-11H,3-4H2,1-2H3/b12-9+. The van der Waals surface area contributed by atoms with Gasteiger partial charge in [-0.25, -0.2) is 8.78 Å². The van der Waals surface area contributed by atoms with E-state index in [1.165, 1.54) is 5.56 Å². The Kier molecular flexibility index (Phi) is 5.42. The van der Waals surface area contributed by atoms with Gasteiger partial charge in [0, 0.05) is 0 Å². The van der Waals surface area contributed by atoms with Crippen LogP contribution in [0.15, 0.2) is 36.4 Å². The number of allylic oxidation sites excluding steroid dienone is 1. The van der Waals surface area contributed by atoms with Crippen molar-refractivity contribution < 1.29 is 22.0 Å². The van der Waals surface area contributed by atoms with Crippen molar-refractivity contribution in [2.45, 2.75) is 32.9 Å². The summed E-state index contributed by atoms with van der Waals surface area (Å²) in [5.74, 6) is -3.22. The summed E-state index contributed by atoms with van der Waals surface area (Å²) in [5, 5.41) is 0. The van der Waals surface area contributed by atoms with Crippen molar-refractivity contribution in [1.29, 1.82) is 0 Å². The molecule has 0 fully saturated rings. The van der Waals surface area contributed by atoms with Crippen LogP contribution in [0, 0.1) is 11.6 Å². The maximum Gasteiger partial charge on any atom is 0.422 e.